The molecule has 0 bridgehead atoms. The maximum Gasteiger partial charge on any atom is 0.227 e. The molecular weight excluding hydrogens is 218 g/mol. The minimum atomic E-state index is 0.101. The first kappa shape index (κ1) is 10.9. The Bertz CT molecular complexity index is 479. The van der Waals surface area contributed by atoms with Crippen molar-refractivity contribution in [2.75, 3.05) is 0 Å². The molecule has 0 aliphatic carbocycles. The van der Waals surface area contributed by atoms with Crippen LogP contribution < -0.4 is 4.57 Å². The molecule has 0 aliphatic heterocycles. The van der Waals surface area contributed by atoms with Gasteiger partial charge in [-0.25, -0.2) is 0 Å². The molecule has 0 saturated heterocycles. The molecule has 0 atom stereocenters. The number of Topliss-reactive ketones (excluding diaryl/α,β-unsaturated/α-hetero) is 1. The number of hydrogen-bond acceptors (Lipinski definition) is 2. The molecule has 1 aromatic heterocycles. The predicted molar refractivity (Wildman–Crippen MR) is 64.7 cm³/mol. The summed E-state index contributed by atoms with van der Waals surface area (Å²) in [6, 6.07) is 13.0. The van der Waals surface area contributed by atoms with Crippen LogP contribution in [0.25, 0.3) is 0 Å². The molecule has 0 N–H and O–H groups in total. The molecule has 2 nitrogen and oxygen atoms in total. The second-order valence-electron chi connectivity index (χ2n) is 3.52. The van der Waals surface area contributed by atoms with Gasteiger partial charge < -0.3 is 0 Å². The van der Waals surface area contributed by atoms with E-state index >= 15 is 0 Å². The SMILES string of the molecule is O=C(C[n+]1ccccc1)c1ccc(S)cc1. The molecule has 0 unspecified atom stereocenters. The van der Waals surface area contributed by atoms with Crippen LogP contribution in [0.5, 0.6) is 0 Å². The first-order valence-corrected chi connectivity index (χ1v) is 5.47. The number of benzene rings is 1. The fraction of sp³-hybridized carbons (Fsp3) is 0.0769. The van der Waals surface area contributed by atoms with Crippen LogP contribution >= 0.6 is 12.6 Å². The van der Waals surface area contributed by atoms with Gasteiger partial charge in [-0.3, -0.25) is 4.79 Å². The maximum atomic E-state index is 11.9. The minimum absolute atomic E-state index is 0.101. The lowest BCUT2D eigenvalue weighted by atomic mass is 10.1. The van der Waals surface area contributed by atoms with Crippen LogP contribution in [0.2, 0.25) is 0 Å². The lowest BCUT2D eigenvalue weighted by Gasteiger charge is -1.98. The number of rotatable bonds is 3. The number of thiol groups is 1. The molecule has 0 fully saturated rings. The monoisotopic (exact) mass is 230 g/mol. The van der Waals surface area contributed by atoms with Crippen molar-refractivity contribution >= 4 is 18.4 Å². The number of aromatic nitrogens is 1. The Morgan fingerprint density at radius 2 is 1.69 bits per heavy atom. The van der Waals surface area contributed by atoms with Gasteiger partial charge >= 0.3 is 0 Å². The van der Waals surface area contributed by atoms with E-state index in [1.54, 1.807) is 12.1 Å². The normalized spacial score (nSPS) is 10.1. The Labute approximate surface area is 100.0 Å². The smallest absolute Gasteiger partial charge is 0.227 e. The highest BCUT2D eigenvalue weighted by atomic mass is 32.1. The molecule has 1 aromatic carbocycles. The van der Waals surface area contributed by atoms with Crippen LogP contribution in [0, 0.1) is 0 Å². The summed E-state index contributed by atoms with van der Waals surface area (Å²) in [5.74, 6) is 0.101. The number of hydrogen-bond donors (Lipinski definition) is 1. The molecule has 0 amide bonds. The van der Waals surface area contributed by atoms with Gasteiger partial charge in [0.25, 0.3) is 0 Å². The van der Waals surface area contributed by atoms with Gasteiger partial charge in [-0.05, 0) is 12.1 Å². The van der Waals surface area contributed by atoms with Crippen molar-refractivity contribution in [3.05, 3.63) is 60.4 Å². The third-order valence-electron chi connectivity index (χ3n) is 2.29. The standard InChI is InChI=1S/C13H11NOS/c15-13(10-14-8-2-1-3-9-14)11-4-6-12(16)7-5-11/h1-9H,10H2/p+1. The third-order valence-corrected chi connectivity index (χ3v) is 2.59. The maximum absolute atomic E-state index is 11.9. The summed E-state index contributed by atoms with van der Waals surface area (Å²) in [6.07, 6.45) is 3.76. The fourth-order valence-electron chi connectivity index (χ4n) is 1.44. The summed E-state index contributed by atoms with van der Waals surface area (Å²) in [5, 5.41) is 0. The van der Waals surface area contributed by atoms with Crippen LogP contribution in [0.3, 0.4) is 0 Å². The van der Waals surface area contributed by atoms with Crippen molar-refractivity contribution in [1.82, 2.24) is 0 Å². The van der Waals surface area contributed by atoms with E-state index in [1.807, 2.05) is 47.3 Å². The first-order chi connectivity index (χ1) is 7.75. The number of nitrogens with zero attached hydrogens (tertiary/aromatic N) is 1. The van der Waals surface area contributed by atoms with Crippen molar-refractivity contribution < 1.29 is 9.36 Å². The van der Waals surface area contributed by atoms with Crippen LogP contribution in [-0.2, 0) is 6.54 Å². The molecule has 2 aromatic rings. The summed E-state index contributed by atoms with van der Waals surface area (Å²) in [6.45, 7) is 0.368. The number of ketones is 1. The largest absolute Gasteiger partial charge is 0.287 e. The lowest BCUT2D eigenvalue weighted by molar-refractivity contribution is -0.683. The van der Waals surface area contributed by atoms with Gasteiger partial charge in [-0.15, -0.1) is 12.6 Å². The quantitative estimate of drug-likeness (QED) is 0.487. The van der Waals surface area contributed by atoms with E-state index in [2.05, 4.69) is 12.6 Å². The van der Waals surface area contributed by atoms with Crippen molar-refractivity contribution in [2.45, 2.75) is 11.4 Å². The van der Waals surface area contributed by atoms with Crippen molar-refractivity contribution in [3.8, 4) is 0 Å². The van der Waals surface area contributed by atoms with Gasteiger partial charge in [0.1, 0.15) is 0 Å². The summed E-state index contributed by atoms with van der Waals surface area (Å²) in [7, 11) is 0. The molecule has 1 heterocycles. The summed E-state index contributed by atoms with van der Waals surface area (Å²) >= 11 is 4.18. The van der Waals surface area contributed by atoms with Crippen LogP contribution in [0.4, 0.5) is 0 Å². The molecular formula is C13H12NOS+. The topological polar surface area (TPSA) is 20.9 Å². The van der Waals surface area contributed by atoms with E-state index in [1.165, 1.54) is 0 Å². The fourth-order valence-corrected chi connectivity index (χ4v) is 1.59. The summed E-state index contributed by atoms with van der Waals surface area (Å²) in [5.41, 5.74) is 0.717. The van der Waals surface area contributed by atoms with Gasteiger partial charge in [0, 0.05) is 22.6 Å². The van der Waals surface area contributed by atoms with E-state index in [0.29, 0.717) is 12.1 Å². The van der Waals surface area contributed by atoms with Gasteiger partial charge in [0.15, 0.2) is 12.4 Å². The van der Waals surface area contributed by atoms with Crippen LogP contribution in [0.1, 0.15) is 10.4 Å². The Hall–Kier alpha value is -1.61. The highest BCUT2D eigenvalue weighted by Crippen LogP contribution is 2.08. The molecule has 16 heavy (non-hydrogen) atoms. The summed E-state index contributed by atoms with van der Waals surface area (Å²) in [4.78, 5) is 12.7. The summed E-state index contributed by atoms with van der Waals surface area (Å²) < 4.78 is 1.86. The number of carbonyl (C=O) groups is 1. The van der Waals surface area contributed by atoms with E-state index < -0.39 is 0 Å². The molecule has 2 rings (SSSR count). The second-order valence-corrected chi connectivity index (χ2v) is 4.03. The van der Waals surface area contributed by atoms with Gasteiger partial charge in [0.05, 0.1) is 0 Å². The Balaban J connectivity index is 2.12. The van der Waals surface area contributed by atoms with Crippen molar-refractivity contribution in [1.29, 1.82) is 0 Å². The zero-order valence-electron chi connectivity index (χ0n) is 8.71. The third kappa shape index (κ3) is 2.70. The Morgan fingerprint density at radius 1 is 1.06 bits per heavy atom. The van der Waals surface area contributed by atoms with Crippen LogP contribution in [-0.4, -0.2) is 5.78 Å². The van der Waals surface area contributed by atoms with E-state index in [0.717, 1.165) is 4.90 Å². The number of carbonyl (C=O) groups excluding carboxylic acids is 1. The lowest BCUT2D eigenvalue weighted by Crippen LogP contribution is -2.36. The van der Waals surface area contributed by atoms with E-state index in [-0.39, 0.29) is 5.78 Å². The van der Waals surface area contributed by atoms with Crippen LogP contribution in [0.15, 0.2) is 59.8 Å². The molecule has 0 saturated carbocycles. The Kier molecular flexibility index (Phi) is 3.37. The first-order valence-electron chi connectivity index (χ1n) is 5.02. The average Bonchev–Trinajstić information content (AvgIpc) is 2.31. The average molecular weight is 230 g/mol. The molecule has 0 radical (unpaired) electrons. The van der Waals surface area contributed by atoms with Crippen molar-refractivity contribution in [2.24, 2.45) is 0 Å². The highest BCUT2D eigenvalue weighted by Gasteiger charge is 2.10. The highest BCUT2D eigenvalue weighted by molar-refractivity contribution is 7.80. The molecule has 80 valence electrons. The van der Waals surface area contributed by atoms with Gasteiger partial charge in [0.2, 0.25) is 12.3 Å². The molecule has 0 spiro atoms. The van der Waals surface area contributed by atoms with E-state index in [4.69, 9.17) is 0 Å². The molecule has 0 aliphatic rings. The predicted octanol–water partition coefficient (Wildman–Crippen LogP) is 2.15. The van der Waals surface area contributed by atoms with Crippen molar-refractivity contribution in [3.63, 3.8) is 0 Å². The zero-order chi connectivity index (χ0) is 11.4. The molecule has 3 heteroatoms. The minimum Gasteiger partial charge on any atom is -0.287 e. The Morgan fingerprint density at radius 3 is 2.31 bits per heavy atom. The second kappa shape index (κ2) is 4.94. The zero-order valence-corrected chi connectivity index (χ0v) is 9.60. The van der Waals surface area contributed by atoms with Gasteiger partial charge in [-0.1, -0.05) is 18.2 Å². The van der Waals surface area contributed by atoms with Gasteiger partial charge in [-0.2, -0.15) is 4.57 Å². The number of pyridine rings is 1. The van der Waals surface area contributed by atoms with E-state index in [9.17, 15) is 4.79 Å².